The average molecular weight is 251 g/mol. The lowest BCUT2D eigenvalue weighted by Crippen LogP contribution is -2.20. The zero-order chi connectivity index (χ0) is 9.84. The second-order valence-corrected chi connectivity index (χ2v) is 3.66. The molecular weight excluding hydrogens is 231 g/mol. The van der Waals surface area contributed by atoms with Gasteiger partial charge in [-0.05, 0) is 17.0 Å². The molecule has 1 aromatic rings. The van der Waals surface area contributed by atoms with E-state index in [1.54, 1.807) is 0 Å². The van der Waals surface area contributed by atoms with Gasteiger partial charge in [-0.15, -0.1) is 24.8 Å². The molecule has 4 N–H and O–H groups in total. The summed E-state index contributed by atoms with van der Waals surface area (Å²) in [5.41, 5.74) is 13.7. The van der Waals surface area contributed by atoms with Gasteiger partial charge in [0.05, 0.1) is 0 Å². The topological polar surface area (TPSA) is 52.0 Å². The van der Waals surface area contributed by atoms with Crippen molar-refractivity contribution in [1.29, 1.82) is 0 Å². The molecule has 1 unspecified atom stereocenters. The monoisotopic (exact) mass is 250 g/mol. The van der Waals surface area contributed by atoms with Crippen molar-refractivity contribution in [2.75, 3.05) is 6.54 Å². The Morgan fingerprint density at radius 1 is 1.00 bits per heavy atom. The van der Waals surface area contributed by atoms with E-state index in [9.17, 15) is 0 Å². The van der Waals surface area contributed by atoms with Crippen LogP contribution >= 0.6 is 24.8 Å². The SMILES string of the molecule is CC(C)c1ccc(C(N)CN)cc1.Cl.Cl. The van der Waals surface area contributed by atoms with Crippen LogP contribution in [0.15, 0.2) is 24.3 Å². The molecule has 88 valence electrons. The first-order chi connectivity index (χ1) is 6.15. The van der Waals surface area contributed by atoms with Crippen molar-refractivity contribution in [3.63, 3.8) is 0 Å². The van der Waals surface area contributed by atoms with E-state index in [2.05, 4.69) is 38.1 Å². The van der Waals surface area contributed by atoms with E-state index in [-0.39, 0.29) is 30.9 Å². The molecule has 0 spiro atoms. The summed E-state index contributed by atoms with van der Waals surface area (Å²) in [7, 11) is 0. The fourth-order valence-electron chi connectivity index (χ4n) is 1.26. The molecule has 0 aromatic heterocycles. The number of halogens is 2. The third-order valence-corrected chi connectivity index (χ3v) is 2.29. The molecule has 0 heterocycles. The van der Waals surface area contributed by atoms with Crippen LogP contribution in [0.4, 0.5) is 0 Å². The number of rotatable bonds is 3. The molecule has 0 radical (unpaired) electrons. The standard InChI is InChI=1S/C11H18N2.2ClH/c1-8(2)9-3-5-10(6-4-9)11(13)7-12;;/h3-6,8,11H,7,12-13H2,1-2H3;2*1H. The molecule has 2 nitrogen and oxygen atoms in total. The van der Waals surface area contributed by atoms with Gasteiger partial charge < -0.3 is 11.5 Å². The van der Waals surface area contributed by atoms with Gasteiger partial charge >= 0.3 is 0 Å². The van der Waals surface area contributed by atoms with E-state index < -0.39 is 0 Å². The molecule has 0 aliphatic carbocycles. The van der Waals surface area contributed by atoms with Crippen molar-refractivity contribution in [3.8, 4) is 0 Å². The normalized spacial score (nSPS) is 11.5. The Balaban J connectivity index is 0. The van der Waals surface area contributed by atoms with E-state index in [1.807, 2.05) is 0 Å². The fraction of sp³-hybridized carbons (Fsp3) is 0.455. The van der Waals surface area contributed by atoms with E-state index in [0.29, 0.717) is 12.5 Å². The molecule has 0 fully saturated rings. The molecule has 0 aliphatic heterocycles. The van der Waals surface area contributed by atoms with Gasteiger partial charge in [-0.25, -0.2) is 0 Å². The van der Waals surface area contributed by atoms with Crippen molar-refractivity contribution >= 4 is 24.8 Å². The number of nitrogens with two attached hydrogens (primary N) is 2. The number of benzene rings is 1. The molecule has 4 heteroatoms. The Bertz CT molecular complexity index is 260. The first kappa shape index (κ1) is 17.1. The molecule has 0 saturated heterocycles. The Labute approximate surface area is 104 Å². The minimum absolute atomic E-state index is 0. The summed E-state index contributed by atoms with van der Waals surface area (Å²) in [5.74, 6) is 0.572. The maximum atomic E-state index is 5.80. The Kier molecular flexibility index (Phi) is 9.07. The van der Waals surface area contributed by atoms with Crippen LogP contribution in [-0.4, -0.2) is 6.54 Å². The molecule has 0 amide bonds. The summed E-state index contributed by atoms with van der Waals surface area (Å²) in [5, 5.41) is 0. The average Bonchev–Trinajstić information content (AvgIpc) is 2.17. The number of hydrogen-bond donors (Lipinski definition) is 2. The largest absolute Gasteiger partial charge is 0.329 e. The van der Waals surface area contributed by atoms with Crippen LogP contribution in [0.5, 0.6) is 0 Å². The van der Waals surface area contributed by atoms with Gasteiger partial charge in [0.1, 0.15) is 0 Å². The van der Waals surface area contributed by atoms with Crippen molar-refractivity contribution in [3.05, 3.63) is 35.4 Å². The molecular formula is C11H20Cl2N2. The van der Waals surface area contributed by atoms with Gasteiger partial charge in [0.2, 0.25) is 0 Å². The van der Waals surface area contributed by atoms with Gasteiger partial charge in [-0.2, -0.15) is 0 Å². The van der Waals surface area contributed by atoms with Crippen LogP contribution < -0.4 is 11.5 Å². The van der Waals surface area contributed by atoms with Gasteiger partial charge in [0.15, 0.2) is 0 Å². The zero-order valence-electron chi connectivity index (χ0n) is 9.14. The van der Waals surface area contributed by atoms with Gasteiger partial charge in [0.25, 0.3) is 0 Å². The fourth-order valence-corrected chi connectivity index (χ4v) is 1.26. The lowest BCUT2D eigenvalue weighted by Gasteiger charge is -2.11. The maximum absolute atomic E-state index is 5.80. The van der Waals surface area contributed by atoms with Crippen LogP contribution in [0.1, 0.15) is 36.9 Å². The summed E-state index contributed by atoms with van der Waals surface area (Å²) in [6, 6.07) is 8.34. The number of hydrogen-bond acceptors (Lipinski definition) is 2. The summed E-state index contributed by atoms with van der Waals surface area (Å²) >= 11 is 0. The summed E-state index contributed by atoms with van der Waals surface area (Å²) in [6.45, 7) is 4.86. The third kappa shape index (κ3) is 4.85. The van der Waals surface area contributed by atoms with Crippen molar-refractivity contribution in [2.24, 2.45) is 11.5 Å². The quantitative estimate of drug-likeness (QED) is 0.867. The minimum Gasteiger partial charge on any atom is -0.329 e. The van der Waals surface area contributed by atoms with Crippen LogP contribution in [-0.2, 0) is 0 Å². The molecule has 0 bridgehead atoms. The first-order valence-electron chi connectivity index (χ1n) is 4.70. The Morgan fingerprint density at radius 2 is 1.40 bits per heavy atom. The molecule has 1 rings (SSSR count). The predicted molar refractivity (Wildman–Crippen MR) is 71.0 cm³/mol. The van der Waals surface area contributed by atoms with Crippen LogP contribution in [0.3, 0.4) is 0 Å². The molecule has 1 atom stereocenters. The minimum atomic E-state index is -0.0267. The third-order valence-electron chi connectivity index (χ3n) is 2.29. The van der Waals surface area contributed by atoms with Crippen LogP contribution in [0.2, 0.25) is 0 Å². The second-order valence-electron chi connectivity index (χ2n) is 3.66. The summed E-state index contributed by atoms with van der Waals surface area (Å²) in [4.78, 5) is 0. The van der Waals surface area contributed by atoms with E-state index in [4.69, 9.17) is 11.5 Å². The lowest BCUT2D eigenvalue weighted by molar-refractivity contribution is 0.735. The van der Waals surface area contributed by atoms with E-state index in [0.717, 1.165) is 5.56 Å². The molecule has 1 aromatic carbocycles. The zero-order valence-corrected chi connectivity index (χ0v) is 10.8. The molecule has 15 heavy (non-hydrogen) atoms. The summed E-state index contributed by atoms with van der Waals surface area (Å²) < 4.78 is 0. The van der Waals surface area contributed by atoms with Gasteiger partial charge in [-0.3, -0.25) is 0 Å². The Hall–Kier alpha value is -0.280. The highest BCUT2D eigenvalue weighted by Gasteiger charge is 2.03. The van der Waals surface area contributed by atoms with Crippen LogP contribution in [0.25, 0.3) is 0 Å². The highest BCUT2D eigenvalue weighted by molar-refractivity contribution is 5.85. The summed E-state index contributed by atoms with van der Waals surface area (Å²) in [6.07, 6.45) is 0. The van der Waals surface area contributed by atoms with Crippen molar-refractivity contribution in [1.82, 2.24) is 0 Å². The first-order valence-corrected chi connectivity index (χ1v) is 4.70. The van der Waals surface area contributed by atoms with Crippen molar-refractivity contribution in [2.45, 2.75) is 25.8 Å². The van der Waals surface area contributed by atoms with E-state index >= 15 is 0 Å². The van der Waals surface area contributed by atoms with E-state index in [1.165, 1.54) is 5.56 Å². The smallest absolute Gasteiger partial charge is 0.0419 e. The highest BCUT2D eigenvalue weighted by Crippen LogP contribution is 2.16. The predicted octanol–water partition coefficient (Wildman–Crippen LogP) is 2.61. The van der Waals surface area contributed by atoms with Gasteiger partial charge in [-0.1, -0.05) is 38.1 Å². The lowest BCUT2D eigenvalue weighted by atomic mass is 9.99. The highest BCUT2D eigenvalue weighted by atomic mass is 35.5. The molecule has 0 aliphatic rings. The second kappa shape index (κ2) is 7.94. The van der Waals surface area contributed by atoms with Crippen LogP contribution in [0, 0.1) is 0 Å². The van der Waals surface area contributed by atoms with Crippen molar-refractivity contribution < 1.29 is 0 Å². The molecule has 0 saturated carbocycles. The van der Waals surface area contributed by atoms with Gasteiger partial charge in [0, 0.05) is 12.6 Å². The Morgan fingerprint density at radius 3 is 1.73 bits per heavy atom. The maximum Gasteiger partial charge on any atom is 0.0419 e.